The topological polar surface area (TPSA) is 54.9 Å². The van der Waals surface area contributed by atoms with Gasteiger partial charge in [-0.05, 0) is 37.5 Å². The summed E-state index contributed by atoms with van der Waals surface area (Å²) in [6, 6.07) is 6.30. The lowest BCUT2D eigenvalue weighted by molar-refractivity contribution is 0.152. The van der Waals surface area contributed by atoms with Crippen molar-refractivity contribution in [3.05, 3.63) is 29.3 Å². The molecule has 126 valence electrons. The van der Waals surface area contributed by atoms with E-state index in [0.29, 0.717) is 6.61 Å². The second kappa shape index (κ2) is 12.5. The lowest BCUT2D eigenvalue weighted by Gasteiger charge is -2.12. The number of halogens is 1. The molecule has 1 aromatic rings. The molecule has 22 heavy (non-hydrogen) atoms. The van der Waals surface area contributed by atoms with Gasteiger partial charge >= 0.3 is 0 Å². The number of benzene rings is 1. The highest BCUT2D eigenvalue weighted by atomic mass is 127. The first-order valence-corrected chi connectivity index (χ1v) is 7.37. The quantitative estimate of drug-likeness (QED) is 0.293. The number of methoxy groups -OCH3 is 1. The molecule has 5 nitrogen and oxygen atoms in total. The summed E-state index contributed by atoms with van der Waals surface area (Å²) in [7, 11) is 3.47. The van der Waals surface area contributed by atoms with Crippen LogP contribution in [0.15, 0.2) is 23.2 Å². The molecule has 0 spiro atoms. The van der Waals surface area contributed by atoms with Gasteiger partial charge in [0.25, 0.3) is 0 Å². The number of rotatable bonds is 8. The average molecular weight is 421 g/mol. The molecular weight excluding hydrogens is 393 g/mol. The Morgan fingerprint density at radius 1 is 1.23 bits per heavy atom. The third-order valence-corrected chi connectivity index (χ3v) is 3.15. The van der Waals surface area contributed by atoms with Crippen molar-refractivity contribution in [2.45, 2.75) is 20.3 Å². The predicted octanol–water partition coefficient (Wildman–Crippen LogP) is 2.37. The molecule has 1 aromatic carbocycles. The summed E-state index contributed by atoms with van der Waals surface area (Å²) in [6.45, 7) is 7.04. The Morgan fingerprint density at radius 3 is 2.59 bits per heavy atom. The molecule has 0 atom stereocenters. The van der Waals surface area contributed by atoms with Crippen molar-refractivity contribution in [2.75, 3.05) is 40.5 Å². The normalized spacial score (nSPS) is 10.8. The van der Waals surface area contributed by atoms with Crippen LogP contribution in [0.2, 0.25) is 0 Å². The summed E-state index contributed by atoms with van der Waals surface area (Å²) in [6.07, 6.45) is 0.919. The molecular formula is C16H28IN3O2. The van der Waals surface area contributed by atoms with Crippen LogP contribution in [0.4, 0.5) is 0 Å². The predicted molar refractivity (Wildman–Crippen MR) is 103 cm³/mol. The monoisotopic (exact) mass is 421 g/mol. The van der Waals surface area contributed by atoms with Gasteiger partial charge in [-0.15, -0.1) is 24.0 Å². The van der Waals surface area contributed by atoms with Gasteiger partial charge in [-0.1, -0.05) is 12.1 Å². The highest BCUT2D eigenvalue weighted by Crippen LogP contribution is 2.18. The van der Waals surface area contributed by atoms with Crippen molar-refractivity contribution >= 4 is 29.9 Å². The summed E-state index contributed by atoms with van der Waals surface area (Å²) < 4.78 is 10.6. The third-order valence-electron chi connectivity index (χ3n) is 3.15. The highest BCUT2D eigenvalue weighted by Gasteiger charge is 2.01. The second-order valence-corrected chi connectivity index (χ2v) is 4.68. The van der Waals surface area contributed by atoms with Gasteiger partial charge in [0.05, 0.1) is 13.7 Å². The standard InChI is InChI=1S/C16H27N3O2.HI/c1-5-21-11-10-19-16(17-3)18-9-8-14-7-6-13(2)15(12-14)20-4;/h6-7,12H,5,8-11H2,1-4H3,(H2,17,18,19);1H. The smallest absolute Gasteiger partial charge is 0.191 e. The number of aryl methyl sites for hydroxylation is 1. The van der Waals surface area contributed by atoms with E-state index in [0.717, 1.165) is 43.4 Å². The number of aliphatic imine (C=N–C) groups is 1. The van der Waals surface area contributed by atoms with Crippen molar-refractivity contribution in [1.82, 2.24) is 10.6 Å². The van der Waals surface area contributed by atoms with Gasteiger partial charge in [0.2, 0.25) is 0 Å². The lowest BCUT2D eigenvalue weighted by atomic mass is 10.1. The van der Waals surface area contributed by atoms with Crippen molar-refractivity contribution in [3.63, 3.8) is 0 Å². The summed E-state index contributed by atoms with van der Waals surface area (Å²) in [5, 5.41) is 6.50. The average Bonchev–Trinajstić information content (AvgIpc) is 2.51. The van der Waals surface area contributed by atoms with Crippen LogP contribution in [0.5, 0.6) is 5.75 Å². The zero-order valence-corrected chi connectivity index (χ0v) is 16.3. The lowest BCUT2D eigenvalue weighted by Crippen LogP contribution is -2.39. The first-order valence-electron chi connectivity index (χ1n) is 7.37. The molecule has 0 bridgehead atoms. The maximum atomic E-state index is 5.34. The molecule has 6 heteroatoms. The Hall–Kier alpha value is -1.02. The van der Waals surface area contributed by atoms with Crippen LogP contribution in [-0.2, 0) is 11.2 Å². The van der Waals surface area contributed by atoms with Crippen molar-refractivity contribution < 1.29 is 9.47 Å². The van der Waals surface area contributed by atoms with Gasteiger partial charge in [-0.25, -0.2) is 0 Å². The number of nitrogens with zero attached hydrogens (tertiary/aromatic N) is 1. The minimum Gasteiger partial charge on any atom is -0.496 e. The molecule has 0 unspecified atom stereocenters. The van der Waals surface area contributed by atoms with Crippen LogP contribution < -0.4 is 15.4 Å². The van der Waals surface area contributed by atoms with Crippen LogP contribution in [0, 0.1) is 6.92 Å². The Bertz CT molecular complexity index is 453. The van der Waals surface area contributed by atoms with Crippen LogP contribution in [0.3, 0.4) is 0 Å². The van der Waals surface area contributed by atoms with Crippen LogP contribution in [0.25, 0.3) is 0 Å². The largest absolute Gasteiger partial charge is 0.496 e. The summed E-state index contributed by atoms with van der Waals surface area (Å²) in [5.74, 6) is 1.74. The fourth-order valence-electron chi connectivity index (χ4n) is 1.95. The molecule has 0 fully saturated rings. The zero-order chi connectivity index (χ0) is 15.5. The Kier molecular flexibility index (Phi) is 11.9. The van der Waals surface area contributed by atoms with Gasteiger partial charge < -0.3 is 20.1 Å². The Labute approximate surface area is 150 Å². The first-order chi connectivity index (χ1) is 10.2. The molecule has 0 radical (unpaired) electrons. The SMILES string of the molecule is CCOCCNC(=NC)NCCc1ccc(C)c(OC)c1.I. The zero-order valence-electron chi connectivity index (χ0n) is 13.9. The van der Waals surface area contributed by atoms with E-state index in [1.165, 1.54) is 5.56 Å². The van der Waals surface area contributed by atoms with E-state index >= 15 is 0 Å². The van der Waals surface area contributed by atoms with E-state index in [-0.39, 0.29) is 24.0 Å². The molecule has 0 aliphatic rings. The highest BCUT2D eigenvalue weighted by molar-refractivity contribution is 14.0. The van der Waals surface area contributed by atoms with Crippen molar-refractivity contribution in [1.29, 1.82) is 0 Å². The van der Waals surface area contributed by atoms with E-state index < -0.39 is 0 Å². The van der Waals surface area contributed by atoms with E-state index in [4.69, 9.17) is 9.47 Å². The van der Waals surface area contributed by atoms with E-state index in [9.17, 15) is 0 Å². The number of hydrogen-bond donors (Lipinski definition) is 2. The van der Waals surface area contributed by atoms with Crippen molar-refractivity contribution in [3.8, 4) is 5.75 Å². The molecule has 0 aliphatic heterocycles. The summed E-state index contributed by atoms with van der Waals surface area (Å²) in [4.78, 5) is 4.18. The first kappa shape index (κ1) is 21.0. The molecule has 0 aromatic heterocycles. The van der Waals surface area contributed by atoms with E-state index in [2.05, 4.69) is 33.8 Å². The van der Waals surface area contributed by atoms with Crippen LogP contribution in [-0.4, -0.2) is 46.4 Å². The third kappa shape index (κ3) is 7.84. The number of ether oxygens (including phenoxy) is 2. The Balaban J connectivity index is 0.00000441. The molecule has 0 saturated carbocycles. The van der Waals surface area contributed by atoms with E-state index in [1.807, 2.05) is 13.8 Å². The molecule has 0 amide bonds. The maximum absolute atomic E-state index is 5.34. The fourth-order valence-corrected chi connectivity index (χ4v) is 1.95. The summed E-state index contributed by atoms with van der Waals surface area (Å²) >= 11 is 0. The minimum atomic E-state index is 0. The number of guanidine groups is 1. The molecule has 0 saturated heterocycles. The van der Waals surface area contributed by atoms with Gasteiger partial charge in [-0.3, -0.25) is 4.99 Å². The number of hydrogen-bond acceptors (Lipinski definition) is 3. The van der Waals surface area contributed by atoms with Gasteiger partial charge in [0.15, 0.2) is 5.96 Å². The maximum Gasteiger partial charge on any atom is 0.191 e. The fraction of sp³-hybridized carbons (Fsp3) is 0.562. The molecule has 0 aliphatic carbocycles. The molecule has 0 heterocycles. The minimum absolute atomic E-state index is 0. The van der Waals surface area contributed by atoms with E-state index in [1.54, 1.807) is 14.2 Å². The molecule has 1 rings (SSSR count). The van der Waals surface area contributed by atoms with Crippen LogP contribution >= 0.6 is 24.0 Å². The van der Waals surface area contributed by atoms with Gasteiger partial charge in [-0.2, -0.15) is 0 Å². The van der Waals surface area contributed by atoms with Gasteiger partial charge in [0.1, 0.15) is 5.75 Å². The van der Waals surface area contributed by atoms with Crippen molar-refractivity contribution in [2.24, 2.45) is 4.99 Å². The van der Waals surface area contributed by atoms with Gasteiger partial charge in [0, 0.05) is 26.7 Å². The second-order valence-electron chi connectivity index (χ2n) is 4.68. The molecule has 2 N–H and O–H groups in total. The van der Waals surface area contributed by atoms with Crippen LogP contribution in [0.1, 0.15) is 18.1 Å². The Morgan fingerprint density at radius 2 is 1.95 bits per heavy atom. The summed E-state index contributed by atoms with van der Waals surface area (Å²) in [5.41, 5.74) is 2.40. The number of nitrogens with one attached hydrogen (secondary N) is 2.